The van der Waals surface area contributed by atoms with Crippen LogP contribution in [0.3, 0.4) is 0 Å². The second-order valence-electron chi connectivity index (χ2n) is 3.90. The number of aliphatic hydroxyl groups is 1. The third kappa shape index (κ3) is 1.26. The molecule has 3 heteroatoms. The van der Waals surface area contributed by atoms with E-state index in [0.29, 0.717) is 19.1 Å². The van der Waals surface area contributed by atoms with Crippen molar-refractivity contribution in [2.24, 2.45) is 5.92 Å². The van der Waals surface area contributed by atoms with E-state index >= 15 is 0 Å². The van der Waals surface area contributed by atoms with Gasteiger partial charge in [-0.2, -0.15) is 0 Å². The average Bonchev–Trinajstić information content (AvgIpc) is 2.48. The van der Waals surface area contributed by atoms with E-state index in [1.54, 1.807) is 0 Å². The molecule has 2 aliphatic rings. The molecule has 1 aliphatic heterocycles. The summed E-state index contributed by atoms with van der Waals surface area (Å²) in [6.45, 7) is 3.42. The zero-order valence-corrected chi connectivity index (χ0v) is 7.45. The van der Waals surface area contributed by atoms with E-state index in [1.807, 2.05) is 0 Å². The van der Waals surface area contributed by atoms with Crippen molar-refractivity contribution >= 4 is 0 Å². The first-order chi connectivity index (χ1) is 5.73. The second kappa shape index (κ2) is 2.98. The fraction of sp³-hybridized carbons (Fsp3) is 1.00. The van der Waals surface area contributed by atoms with Gasteiger partial charge < -0.3 is 14.6 Å². The molecule has 1 aliphatic carbocycles. The molecule has 2 unspecified atom stereocenters. The number of aliphatic hydroxyl groups excluding tert-OH is 1. The lowest BCUT2D eigenvalue weighted by Gasteiger charge is -2.38. The van der Waals surface area contributed by atoms with Crippen LogP contribution in [0.15, 0.2) is 0 Å². The van der Waals surface area contributed by atoms with Crippen molar-refractivity contribution in [3.05, 3.63) is 0 Å². The molecular weight excluding hydrogens is 156 g/mol. The maximum Gasteiger partial charge on any atom is 0.194 e. The van der Waals surface area contributed by atoms with Gasteiger partial charge in [-0.3, -0.25) is 0 Å². The Morgan fingerprint density at radius 1 is 1.33 bits per heavy atom. The van der Waals surface area contributed by atoms with Crippen molar-refractivity contribution in [1.82, 2.24) is 0 Å². The second-order valence-corrected chi connectivity index (χ2v) is 3.90. The SMILES string of the molecule is CC1CCC2(OCCO2)C(O)C1. The molecule has 1 spiro atoms. The van der Waals surface area contributed by atoms with Crippen molar-refractivity contribution in [3.63, 3.8) is 0 Å². The van der Waals surface area contributed by atoms with E-state index in [9.17, 15) is 5.11 Å². The summed E-state index contributed by atoms with van der Waals surface area (Å²) in [4.78, 5) is 0. The van der Waals surface area contributed by atoms with E-state index in [1.165, 1.54) is 0 Å². The van der Waals surface area contributed by atoms with Crippen LogP contribution in [-0.4, -0.2) is 30.2 Å². The summed E-state index contributed by atoms with van der Waals surface area (Å²) >= 11 is 0. The summed E-state index contributed by atoms with van der Waals surface area (Å²) in [5, 5.41) is 9.78. The van der Waals surface area contributed by atoms with Gasteiger partial charge in [-0.1, -0.05) is 6.92 Å². The first-order valence-electron chi connectivity index (χ1n) is 4.69. The van der Waals surface area contributed by atoms with E-state index < -0.39 is 11.9 Å². The van der Waals surface area contributed by atoms with Crippen molar-refractivity contribution < 1.29 is 14.6 Å². The summed E-state index contributed by atoms with van der Waals surface area (Å²) in [6.07, 6.45) is 2.32. The maximum absolute atomic E-state index is 9.78. The first kappa shape index (κ1) is 8.48. The van der Waals surface area contributed by atoms with Gasteiger partial charge in [0.1, 0.15) is 6.10 Å². The monoisotopic (exact) mass is 172 g/mol. The van der Waals surface area contributed by atoms with Crippen molar-refractivity contribution in [2.75, 3.05) is 13.2 Å². The zero-order chi connectivity index (χ0) is 8.60. The number of rotatable bonds is 0. The van der Waals surface area contributed by atoms with Gasteiger partial charge in [-0.05, 0) is 18.8 Å². The van der Waals surface area contributed by atoms with Crippen LogP contribution in [0.25, 0.3) is 0 Å². The Morgan fingerprint density at radius 2 is 2.00 bits per heavy atom. The molecule has 2 atom stereocenters. The Kier molecular flexibility index (Phi) is 2.10. The summed E-state index contributed by atoms with van der Waals surface area (Å²) in [5.41, 5.74) is 0. The molecule has 1 heterocycles. The molecule has 12 heavy (non-hydrogen) atoms. The molecule has 0 aromatic carbocycles. The van der Waals surface area contributed by atoms with Gasteiger partial charge in [0.25, 0.3) is 0 Å². The lowest BCUT2D eigenvalue weighted by molar-refractivity contribution is -0.240. The molecule has 0 bridgehead atoms. The molecule has 0 aromatic heterocycles. The molecule has 3 nitrogen and oxygen atoms in total. The molecule has 1 N–H and O–H groups in total. The number of hydrogen-bond acceptors (Lipinski definition) is 3. The summed E-state index contributed by atoms with van der Waals surface area (Å²) in [7, 11) is 0. The van der Waals surface area contributed by atoms with Crippen LogP contribution >= 0.6 is 0 Å². The molecule has 2 fully saturated rings. The topological polar surface area (TPSA) is 38.7 Å². The van der Waals surface area contributed by atoms with Crippen LogP contribution in [0.2, 0.25) is 0 Å². The van der Waals surface area contributed by atoms with Gasteiger partial charge in [0.2, 0.25) is 0 Å². The highest BCUT2D eigenvalue weighted by molar-refractivity contribution is 4.88. The minimum absolute atomic E-state index is 0.427. The third-order valence-corrected chi connectivity index (χ3v) is 2.90. The average molecular weight is 172 g/mol. The van der Waals surface area contributed by atoms with Gasteiger partial charge in [-0.25, -0.2) is 0 Å². The van der Waals surface area contributed by atoms with Crippen molar-refractivity contribution in [3.8, 4) is 0 Å². The predicted molar refractivity (Wildman–Crippen MR) is 43.7 cm³/mol. The lowest BCUT2D eigenvalue weighted by atomic mass is 9.84. The van der Waals surface area contributed by atoms with E-state index in [2.05, 4.69) is 6.92 Å². The smallest absolute Gasteiger partial charge is 0.194 e. The Hall–Kier alpha value is -0.120. The van der Waals surface area contributed by atoms with E-state index in [-0.39, 0.29) is 0 Å². The summed E-state index contributed by atoms with van der Waals surface area (Å²) in [6, 6.07) is 0. The number of ether oxygens (including phenoxy) is 2. The minimum atomic E-state index is -0.632. The molecule has 0 amide bonds. The molecule has 1 saturated heterocycles. The Balaban J connectivity index is 2.05. The fourth-order valence-corrected chi connectivity index (χ4v) is 2.10. The largest absolute Gasteiger partial charge is 0.387 e. The van der Waals surface area contributed by atoms with Crippen LogP contribution in [-0.2, 0) is 9.47 Å². The van der Waals surface area contributed by atoms with Crippen LogP contribution in [0, 0.1) is 5.92 Å². The molecule has 0 aromatic rings. The quantitative estimate of drug-likeness (QED) is 0.590. The molecule has 1 saturated carbocycles. The highest BCUT2D eigenvalue weighted by Crippen LogP contribution is 2.38. The van der Waals surface area contributed by atoms with Crippen molar-refractivity contribution in [1.29, 1.82) is 0 Å². The maximum atomic E-state index is 9.78. The third-order valence-electron chi connectivity index (χ3n) is 2.90. The van der Waals surface area contributed by atoms with Crippen molar-refractivity contribution in [2.45, 2.75) is 38.1 Å². The van der Waals surface area contributed by atoms with Gasteiger partial charge >= 0.3 is 0 Å². The molecule has 2 rings (SSSR count). The Morgan fingerprint density at radius 3 is 2.58 bits per heavy atom. The summed E-state index contributed by atoms with van der Waals surface area (Å²) in [5.74, 6) is -0.0367. The van der Waals surface area contributed by atoms with Crippen LogP contribution in [0.1, 0.15) is 26.2 Å². The van der Waals surface area contributed by atoms with E-state index in [0.717, 1.165) is 19.3 Å². The van der Waals surface area contributed by atoms with Crippen LogP contribution in [0.5, 0.6) is 0 Å². The van der Waals surface area contributed by atoms with Gasteiger partial charge in [-0.15, -0.1) is 0 Å². The van der Waals surface area contributed by atoms with E-state index in [4.69, 9.17) is 9.47 Å². The predicted octanol–water partition coefficient (Wildman–Crippen LogP) is 0.910. The highest BCUT2D eigenvalue weighted by Gasteiger charge is 2.46. The first-order valence-corrected chi connectivity index (χ1v) is 4.69. The standard InChI is InChI=1S/C9H16O3/c1-7-2-3-9(8(10)6-7)11-4-5-12-9/h7-8,10H,2-6H2,1H3. The molecule has 70 valence electrons. The van der Waals surface area contributed by atoms with Gasteiger partial charge in [0, 0.05) is 6.42 Å². The Bertz CT molecular complexity index is 163. The normalized spacial score (nSPS) is 40.5. The molecule has 0 radical (unpaired) electrons. The highest BCUT2D eigenvalue weighted by atomic mass is 16.7. The lowest BCUT2D eigenvalue weighted by Crippen LogP contribution is -2.47. The van der Waals surface area contributed by atoms with Gasteiger partial charge in [0.15, 0.2) is 5.79 Å². The Labute approximate surface area is 72.7 Å². The minimum Gasteiger partial charge on any atom is -0.387 e. The fourth-order valence-electron chi connectivity index (χ4n) is 2.10. The van der Waals surface area contributed by atoms with Crippen LogP contribution in [0.4, 0.5) is 0 Å². The van der Waals surface area contributed by atoms with Gasteiger partial charge in [0.05, 0.1) is 13.2 Å². The number of hydrogen-bond donors (Lipinski definition) is 1. The zero-order valence-electron chi connectivity index (χ0n) is 7.45. The molecular formula is C9H16O3. The van der Waals surface area contributed by atoms with Crippen LogP contribution < -0.4 is 0 Å². The summed E-state index contributed by atoms with van der Waals surface area (Å²) < 4.78 is 10.9.